The number of aliphatic hydroxyl groups is 1. The zero-order valence-electron chi connectivity index (χ0n) is 13.9. The lowest BCUT2D eigenvalue weighted by molar-refractivity contribution is -0.0104. The Hall–Kier alpha value is -1.02. The SMILES string of the molecule is CN([C@@H]1CCC[C@@H](N2CCCC2)[C@@H]1O)S(=O)(=O)c1cccc(F)c1. The monoisotopic (exact) mass is 356 g/mol. The minimum absolute atomic E-state index is 0.0106. The van der Waals surface area contributed by atoms with E-state index in [4.69, 9.17) is 0 Å². The van der Waals surface area contributed by atoms with Crippen molar-refractivity contribution in [3.63, 3.8) is 0 Å². The van der Waals surface area contributed by atoms with Gasteiger partial charge in [-0.3, -0.25) is 4.90 Å². The summed E-state index contributed by atoms with van der Waals surface area (Å²) in [7, 11) is -2.34. The Morgan fingerprint density at radius 1 is 1.21 bits per heavy atom. The molecular weight excluding hydrogens is 331 g/mol. The Bertz CT molecular complexity index is 676. The van der Waals surface area contributed by atoms with Gasteiger partial charge in [0.05, 0.1) is 17.0 Å². The van der Waals surface area contributed by atoms with Crippen molar-refractivity contribution in [3.05, 3.63) is 30.1 Å². The van der Waals surface area contributed by atoms with Gasteiger partial charge in [-0.05, 0) is 57.0 Å². The fraction of sp³-hybridized carbons (Fsp3) is 0.647. The molecule has 2 aliphatic rings. The molecule has 1 aromatic rings. The predicted molar refractivity (Wildman–Crippen MR) is 89.6 cm³/mol. The second-order valence-corrected chi connectivity index (χ2v) is 8.78. The molecule has 0 bridgehead atoms. The van der Waals surface area contributed by atoms with Gasteiger partial charge in [-0.15, -0.1) is 0 Å². The minimum atomic E-state index is -3.83. The van der Waals surface area contributed by atoms with Gasteiger partial charge in [0.25, 0.3) is 0 Å². The smallest absolute Gasteiger partial charge is 0.243 e. The number of nitrogens with zero attached hydrogens (tertiary/aromatic N) is 2. The highest BCUT2D eigenvalue weighted by atomic mass is 32.2. The van der Waals surface area contributed by atoms with Crippen molar-refractivity contribution in [1.82, 2.24) is 9.21 Å². The van der Waals surface area contributed by atoms with Crippen LogP contribution in [-0.2, 0) is 10.0 Å². The Labute approximate surface area is 143 Å². The number of likely N-dealkylation sites (N-methyl/N-ethyl adjacent to an activating group) is 1. The lowest BCUT2D eigenvalue weighted by Crippen LogP contribution is -2.56. The average molecular weight is 356 g/mol. The lowest BCUT2D eigenvalue weighted by Gasteiger charge is -2.42. The summed E-state index contributed by atoms with van der Waals surface area (Å²) in [5.74, 6) is -0.580. The Balaban J connectivity index is 1.81. The number of hydrogen-bond acceptors (Lipinski definition) is 4. The van der Waals surface area contributed by atoms with E-state index < -0.39 is 28.0 Å². The molecule has 0 radical (unpaired) electrons. The van der Waals surface area contributed by atoms with Crippen LogP contribution in [0.3, 0.4) is 0 Å². The summed E-state index contributed by atoms with van der Waals surface area (Å²) in [4.78, 5) is 2.21. The molecule has 7 heteroatoms. The molecule has 1 aliphatic carbocycles. The molecule has 0 spiro atoms. The van der Waals surface area contributed by atoms with Crippen molar-refractivity contribution in [2.24, 2.45) is 0 Å². The molecule has 3 atom stereocenters. The first kappa shape index (κ1) is 17.8. The fourth-order valence-electron chi connectivity index (χ4n) is 3.97. The zero-order chi connectivity index (χ0) is 17.3. The summed E-state index contributed by atoms with van der Waals surface area (Å²) in [6.45, 7) is 1.93. The van der Waals surface area contributed by atoms with E-state index in [-0.39, 0.29) is 10.9 Å². The average Bonchev–Trinajstić information content (AvgIpc) is 3.08. The van der Waals surface area contributed by atoms with E-state index >= 15 is 0 Å². The standard InChI is InChI=1S/C17H25FN2O3S/c1-19(24(22,23)14-7-4-6-13(18)12-14)15-8-5-9-16(17(15)21)20-10-2-3-11-20/h4,6-7,12,15-17,21H,2-3,5,8-11H2,1H3/t15-,16-,17-/m1/s1. The van der Waals surface area contributed by atoms with E-state index in [9.17, 15) is 17.9 Å². The molecule has 1 heterocycles. The summed E-state index contributed by atoms with van der Waals surface area (Å²) in [5, 5.41) is 10.8. The predicted octanol–water partition coefficient (Wildman–Crippen LogP) is 1.82. The summed E-state index contributed by atoms with van der Waals surface area (Å²) in [5.41, 5.74) is 0. The molecule has 3 rings (SSSR count). The molecule has 1 aliphatic heterocycles. The second kappa shape index (κ2) is 7.07. The molecular formula is C17H25FN2O3S. The number of hydrogen-bond donors (Lipinski definition) is 1. The van der Waals surface area contributed by atoms with Crippen LogP contribution in [0.5, 0.6) is 0 Å². The number of sulfonamides is 1. The Morgan fingerprint density at radius 2 is 1.92 bits per heavy atom. The van der Waals surface area contributed by atoms with Gasteiger partial charge in [-0.25, -0.2) is 12.8 Å². The summed E-state index contributed by atoms with van der Waals surface area (Å²) < 4.78 is 40.2. The number of rotatable bonds is 4. The Kier molecular flexibility index (Phi) is 5.24. The third-order valence-corrected chi connectivity index (χ3v) is 7.22. The normalized spacial score (nSPS) is 29.2. The first-order valence-electron chi connectivity index (χ1n) is 8.57. The van der Waals surface area contributed by atoms with Gasteiger partial charge in [-0.1, -0.05) is 12.5 Å². The van der Waals surface area contributed by atoms with Gasteiger partial charge in [0, 0.05) is 13.1 Å². The van der Waals surface area contributed by atoms with Crippen molar-refractivity contribution in [2.45, 2.75) is 55.2 Å². The molecule has 0 amide bonds. The van der Waals surface area contributed by atoms with Crippen LogP contribution >= 0.6 is 0 Å². The summed E-state index contributed by atoms with van der Waals surface area (Å²) in [6, 6.07) is 4.56. The second-order valence-electron chi connectivity index (χ2n) is 6.78. The molecule has 5 nitrogen and oxygen atoms in total. The topological polar surface area (TPSA) is 60.9 Å². The van der Waals surface area contributed by atoms with Gasteiger partial charge in [0.15, 0.2) is 0 Å². The molecule has 2 fully saturated rings. The minimum Gasteiger partial charge on any atom is -0.390 e. The largest absolute Gasteiger partial charge is 0.390 e. The van der Waals surface area contributed by atoms with E-state index in [0.717, 1.165) is 44.8 Å². The maximum atomic E-state index is 13.4. The molecule has 24 heavy (non-hydrogen) atoms. The van der Waals surface area contributed by atoms with Crippen LogP contribution in [-0.4, -0.2) is 61.1 Å². The van der Waals surface area contributed by atoms with Crippen LogP contribution in [0.4, 0.5) is 4.39 Å². The van der Waals surface area contributed by atoms with E-state index in [0.29, 0.717) is 6.42 Å². The van der Waals surface area contributed by atoms with Crippen LogP contribution in [0.25, 0.3) is 0 Å². The van der Waals surface area contributed by atoms with Crippen LogP contribution in [0.2, 0.25) is 0 Å². The summed E-state index contributed by atoms with van der Waals surface area (Å²) >= 11 is 0. The molecule has 0 aromatic heterocycles. The van der Waals surface area contributed by atoms with Crippen LogP contribution in [0.15, 0.2) is 29.2 Å². The molecule has 1 saturated heterocycles. The highest BCUT2D eigenvalue weighted by Crippen LogP contribution is 2.31. The lowest BCUT2D eigenvalue weighted by atomic mass is 9.87. The van der Waals surface area contributed by atoms with Crippen molar-refractivity contribution in [2.75, 3.05) is 20.1 Å². The first-order valence-corrected chi connectivity index (χ1v) is 10.0. The maximum absolute atomic E-state index is 13.4. The van der Waals surface area contributed by atoms with Crippen molar-refractivity contribution in [1.29, 1.82) is 0 Å². The molecule has 134 valence electrons. The number of aliphatic hydroxyl groups excluding tert-OH is 1. The van der Waals surface area contributed by atoms with Crippen LogP contribution < -0.4 is 0 Å². The zero-order valence-corrected chi connectivity index (χ0v) is 14.8. The third-order valence-electron chi connectivity index (χ3n) is 5.34. The van der Waals surface area contributed by atoms with Gasteiger partial charge >= 0.3 is 0 Å². The van der Waals surface area contributed by atoms with E-state index in [1.165, 1.54) is 29.6 Å². The third kappa shape index (κ3) is 3.35. The van der Waals surface area contributed by atoms with E-state index in [1.54, 1.807) is 0 Å². The fourth-order valence-corrected chi connectivity index (χ4v) is 5.41. The van der Waals surface area contributed by atoms with Crippen LogP contribution in [0.1, 0.15) is 32.1 Å². The van der Waals surface area contributed by atoms with E-state index in [1.807, 2.05) is 0 Å². The number of likely N-dealkylation sites (tertiary alicyclic amines) is 1. The molecule has 1 N–H and O–H groups in total. The van der Waals surface area contributed by atoms with Crippen molar-refractivity contribution >= 4 is 10.0 Å². The molecule has 0 unspecified atom stereocenters. The maximum Gasteiger partial charge on any atom is 0.243 e. The first-order chi connectivity index (χ1) is 11.4. The van der Waals surface area contributed by atoms with Gasteiger partial charge < -0.3 is 5.11 Å². The van der Waals surface area contributed by atoms with Gasteiger partial charge in [0.2, 0.25) is 10.0 Å². The van der Waals surface area contributed by atoms with Crippen molar-refractivity contribution < 1.29 is 17.9 Å². The van der Waals surface area contributed by atoms with Crippen molar-refractivity contribution in [3.8, 4) is 0 Å². The highest BCUT2D eigenvalue weighted by molar-refractivity contribution is 7.89. The van der Waals surface area contributed by atoms with Gasteiger partial charge in [0.1, 0.15) is 5.82 Å². The highest BCUT2D eigenvalue weighted by Gasteiger charge is 2.41. The van der Waals surface area contributed by atoms with Crippen LogP contribution in [0, 0.1) is 5.82 Å². The van der Waals surface area contributed by atoms with E-state index in [2.05, 4.69) is 4.90 Å². The quantitative estimate of drug-likeness (QED) is 0.894. The van der Waals surface area contributed by atoms with Gasteiger partial charge in [-0.2, -0.15) is 4.31 Å². The number of halogens is 1. The Morgan fingerprint density at radius 3 is 2.58 bits per heavy atom. The number of benzene rings is 1. The molecule has 1 saturated carbocycles. The molecule has 1 aromatic carbocycles. The summed E-state index contributed by atoms with van der Waals surface area (Å²) in [6.07, 6.45) is 3.94.